The summed E-state index contributed by atoms with van der Waals surface area (Å²) in [6.45, 7) is 0.124. The summed E-state index contributed by atoms with van der Waals surface area (Å²) in [5.41, 5.74) is 2.38. The second-order valence-electron chi connectivity index (χ2n) is 5.31. The molecular formula is C16H17ClN2O2. The predicted octanol–water partition coefficient (Wildman–Crippen LogP) is 3.26. The second kappa shape index (κ2) is 5.92. The average Bonchev–Trinajstić information content (AvgIpc) is 3.24. The Morgan fingerprint density at radius 1 is 1.33 bits per heavy atom. The number of nitrogens with one attached hydrogen (secondary N) is 1. The number of amides is 1. The normalized spacial score (nSPS) is 14.2. The zero-order valence-electron chi connectivity index (χ0n) is 11.6. The molecule has 0 spiro atoms. The molecule has 0 radical (unpaired) electrons. The summed E-state index contributed by atoms with van der Waals surface area (Å²) in [5.74, 6) is -0.149. The molecule has 2 aromatic rings. The molecule has 0 unspecified atom stereocenters. The van der Waals surface area contributed by atoms with Gasteiger partial charge in [-0.3, -0.25) is 4.79 Å². The molecule has 1 aliphatic rings. The smallest absolute Gasteiger partial charge is 0.272 e. The van der Waals surface area contributed by atoms with E-state index in [-0.39, 0.29) is 12.5 Å². The lowest BCUT2D eigenvalue weighted by molar-refractivity contribution is 0.101. The third-order valence-electron chi connectivity index (χ3n) is 3.60. The number of benzene rings is 1. The topological polar surface area (TPSA) is 54.3 Å². The van der Waals surface area contributed by atoms with Gasteiger partial charge in [-0.25, -0.2) is 0 Å². The minimum atomic E-state index is -0.149. The number of rotatable bonds is 5. The molecule has 21 heavy (non-hydrogen) atoms. The van der Waals surface area contributed by atoms with Crippen molar-refractivity contribution in [1.29, 1.82) is 0 Å². The summed E-state index contributed by atoms with van der Waals surface area (Å²) >= 11 is 6.02. The molecule has 1 fully saturated rings. The van der Waals surface area contributed by atoms with E-state index >= 15 is 0 Å². The summed E-state index contributed by atoms with van der Waals surface area (Å²) in [7, 11) is 0. The number of aliphatic hydroxyl groups excluding tert-OH is 1. The van der Waals surface area contributed by atoms with Crippen LogP contribution in [0.4, 0.5) is 5.69 Å². The summed E-state index contributed by atoms with van der Waals surface area (Å²) in [4.78, 5) is 12.4. The van der Waals surface area contributed by atoms with E-state index in [1.54, 1.807) is 6.07 Å². The first-order valence-electron chi connectivity index (χ1n) is 7.06. The van der Waals surface area contributed by atoms with Crippen LogP contribution in [-0.4, -0.2) is 22.2 Å². The molecular weight excluding hydrogens is 288 g/mol. The Labute approximate surface area is 128 Å². The highest BCUT2D eigenvalue weighted by Gasteiger charge is 2.27. The summed E-state index contributed by atoms with van der Waals surface area (Å²) in [6, 6.07) is 9.60. The molecule has 1 aliphatic carbocycles. The fourth-order valence-corrected chi connectivity index (χ4v) is 2.57. The van der Waals surface area contributed by atoms with Crippen molar-refractivity contribution >= 4 is 23.2 Å². The molecule has 0 aliphatic heterocycles. The zero-order chi connectivity index (χ0) is 14.8. The number of aliphatic hydroxyl groups is 1. The lowest BCUT2D eigenvalue weighted by atomic mass is 10.1. The minimum absolute atomic E-state index is 0.124. The third-order valence-corrected chi connectivity index (χ3v) is 3.81. The van der Waals surface area contributed by atoms with Crippen LogP contribution in [-0.2, 0) is 6.42 Å². The molecule has 0 atom stereocenters. The Hall–Kier alpha value is -1.78. The molecule has 1 aromatic heterocycles. The van der Waals surface area contributed by atoms with Gasteiger partial charge in [0, 0.05) is 24.5 Å². The number of halogens is 1. The summed E-state index contributed by atoms with van der Waals surface area (Å²) in [5, 5.41) is 12.4. The van der Waals surface area contributed by atoms with Gasteiger partial charge in [-0.1, -0.05) is 23.7 Å². The maximum atomic E-state index is 12.4. The number of carbonyl (C=O) groups excluding carboxylic acids is 1. The van der Waals surface area contributed by atoms with Gasteiger partial charge in [0.05, 0.1) is 5.02 Å². The third kappa shape index (κ3) is 3.28. The van der Waals surface area contributed by atoms with Crippen LogP contribution in [0.5, 0.6) is 0 Å². The predicted molar refractivity (Wildman–Crippen MR) is 82.9 cm³/mol. The van der Waals surface area contributed by atoms with Crippen molar-refractivity contribution in [2.45, 2.75) is 25.3 Å². The van der Waals surface area contributed by atoms with E-state index in [9.17, 15) is 4.79 Å². The Morgan fingerprint density at radius 3 is 2.67 bits per heavy atom. The van der Waals surface area contributed by atoms with E-state index in [4.69, 9.17) is 16.7 Å². The molecule has 0 saturated heterocycles. The lowest BCUT2D eigenvalue weighted by Gasteiger charge is -2.09. The molecule has 3 rings (SSSR count). The van der Waals surface area contributed by atoms with Crippen LogP contribution in [0.2, 0.25) is 5.02 Å². The molecule has 110 valence electrons. The summed E-state index contributed by atoms with van der Waals surface area (Å²) in [6.07, 6.45) is 4.63. The molecule has 2 N–H and O–H groups in total. The maximum Gasteiger partial charge on any atom is 0.272 e. The molecule has 1 saturated carbocycles. The van der Waals surface area contributed by atoms with Crippen molar-refractivity contribution in [3.63, 3.8) is 0 Å². The van der Waals surface area contributed by atoms with Crippen molar-refractivity contribution in [3.05, 3.63) is 52.8 Å². The monoisotopic (exact) mass is 304 g/mol. The Balaban J connectivity index is 1.73. The van der Waals surface area contributed by atoms with E-state index in [1.165, 1.54) is 0 Å². The van der Waals surface area contributed by atoms with Gasteiger partial charge < -0.3 is 15.0 Å². The number of nitrogens with zero attached hydrogens (tertiary/aromatic N) is 1. The lowest BCUT2D eigenvalue weighted by Crippen LogP contribution is -2.16. The van der Waals surface area contributed by atoms with E-state index in [1.807, 2.05) is 35.0 Å². The Kier molecular flexibility index (Phi) is 3.99. The molecule has 1 amide bonds. The number of carbonyl (C=O) groups is 1. The first kappa shape index (κ1) is 14.2. The quantitative estimate of drug-likeness (QED) is 0.891. The van der Waals surface area contributed by atoms with Crippen molar-refractivity contribution in [1.82, 2.24) is 4.57 Å². The van der Waals surface area contributed by atoms with Gasteiger partial charge in [0.25, 0.3) is 5.91 Å². The number of hydrogen-bond donors (Lipinski definition) is 2. The largest absolute Gasteiger partial charge is 0.396 e. The van der Waals surface area contributed by atoms with Gasteiger partial charge in [-0.2, -0.15) is 0 Å². The van der Waals surface area contributed by atoms with Crippen LogP contribution in [0.15, 0.2) is 36.5 Å². The highest BCUT2D eigenvalue weighted by molar-refractivity contribution is 6.31. The molecule has 4 nitrogen and oxygen atoms in total. The molecule has 5 heteroatoms. The molecule has 1 heterocycles. The first-order valence-corrected chi connectivity index (χ1v) is 7.43. The SMILES string of the molecule is O=C(Nc1ccc(CCO)cc1)c1cc(Cl)cn1C1CC1. The number of anilines is 1. The van der Waals surface area contributed by atoms with Crippen molar-refractivity contribution < 1.29 is 9.90 Å². The first-order chi connectivity index (χ1) is 10.2. The Morgan fingerprint density at radius 2 is 2.05 bits per heavy atom. The van der Waals surface area contributed by atoms with E-state index in [0.717, 1.165) is 24.1 Å². The van der Waals surface area contributed by atoms with Gasteiger partial charge in [-0.15, -0.1) is 0 Å². The number of aromatic nitrogens is 1. The van der Waals surface area contributed by atoms with Crippen molar-refractivity contribution in [2.24, 2.45) is 0 Å². The fraction of sp³-hybridized carbons (Fsp3) is 0.312. The van der Waals surface area contributed by atoms with Gasteiger partial charge >= 0.3 is 0 Å². The molecule has 1 aromatic carbocycles. The van der Waals surface area contributed by atoms with Gasteiger partial charge in [0.2, 0.25) is 0 Å². The van der Waals surface area contributed by atoms with Crippen LogP contribution in [0.3, 0.4) is 0 Å². The van der Waals surface area contributed by atoms with Gasteiger partial charge in [0.1, 0.15) is 5.69 Å². The standard InChI is InChI=1S/C16H17ClN2O2/c17-12-9-15(19(10-12)14-5-6-14)16(21)18-13-3-1-11(2-4-13)7-8-20/h1-4,9-10,14,20H,5-8H2,(H,18,21). The Bertz CT molecular complexity index is 645. The van der Waals surface area contributed by atoms with Crippen LogP contribution in [0, 0.1) is 0 Å². The zero-order valence-corrected chi connectivity index (χ0v) is 12.3. The van der Waals surface area contributed by atoms with Crippen LogP contribution in [0.25, 0.3) is 0 Å². The van der Waals surface area contributed by atoms with Crippen molar-refractivity contribution in [2.75, 3.05) is 11.9 Å². The van der Waals surface area contributed by atoms with Crippen LogP contribution in [0.1, 0.15) is 34.9 Å². The minimum Gasteiger partial charge on any atom is -0.396 e. The van der Waals surface area contributed by atoms with Crippen molar-refractivity contribution in [3.8, 4) is 0 Å². The highest BCUT2D eigenvalue weighted by atomic mass is 35.5. The van der Waals surface area contributed by atoms with Crippen LogP contribution < -0.4 is 5.32 Å². The summed E-state index contributed by atoms with van der Waals surface area (Å²) < 4.78 is 1.96. The van der Waals surface area contributed by atoms with E-state index in [2.05, 4.69) is 5.32 Å². The maximum absolute atomic E-state index is 12.4. The van der Waals surface area contributed by atoms with E-state index < -0.39 is 0 Å². The average molecular weight is 305 g/mol. The van der Waals surface area contributed by atoms with Gasteiger partial charge in [-0.05, 0) is 43.0 Å². The molecule has 0 bridgehead atoms. The second-order valence-corrected chi connectivity index (χ2v) is 5.74. The van der Waals surface area contributed by atoms with Gasteiger partial charge in [0.15, 0.2) is 0 Å². The highest BCUT2D eigenvalue weighted by Crippen LogP contribution is 2.37. The van der Waals surface area contributed by atoms with E-state index in [0.29, 0.717) is 23.2 Å². The van der Waals surface area contributed by atoms with Crippen LogP contribution >= 0.6 is 11.6 Å². The number of hydrogen-bond acceptors (Lipinski definition) is 2. The fourth-order valence-electron chi connectivity index (χ4n) is 2.36.